The molecule has 2 heterocycles. The van der Waals surface area contributed by atoms with E-state index in [2.05, 4.69) is 20.6 Å². The summed E-state index contributed by atoms with van der Waals surface area (Å²) in [5.74, 6) is -2.21. The molecule has 1 unspecified atom stereocenters. The van der Waals surface area contributed by atoms with Crippen LogP contribution in [0.5, 0.6) is 0 Å². The van der Waals surface area contributed by atoms with Crippen molar-refractivity contribution in [2.45, 2.75) is 82.7 Å². The predicted octanol–water partition coefficient (Wildman–Crippen LogP) is 5.50. The van der Waals surface area contributed by atoms with Crippen molar-refractivity contribution in [3.8, 4) is 0 Å². The first-order valence-corrected chi connectivity index (χ1v) is 12.1. The van der Waals surface area contributed by atoms with Gasteiger partial charge in [-0.25, -0.2) is 18.7 Å². The van der Waals surface area contributed by atoms with Crippen molar-refractivity contribution >= 4 is 11.7 Å². The Morgan fingerprint density at radius 3 is 2.58 bits per heavy atom. The summed E-state index contributed by atoms with van der Waals surface area (Å²) < 4.78 is 72.0. The highest BCUT2D eigenvalue weighted by molar-refractivity contribution is 5.79. The number of hydrogen-bond donors (Lipinski definition) is 2. The van der Waals surface area contributed by atoms with Crippen LogP contribution in [0, 0.1) is 6.92 Å². The lowest BCUT2D eigenvalue weighted by Gasteiger charge is -2.29. The molecule has 0 bridgehead atoms. The number of ether oxygens (including phenoxy) is 1. The number of hydrogen-bond acceptors (Lipinski definition) is 5. The van der Waals surface area contributed by atoms with E-state index in [1.54, 1.807) is 13.0 Å². The molecule has 2 N–H and O–H groups in total. The minimum Gasteiger partial charge on any atom is -0.373 e. The van der Waals surface area contributed by atoms with E-state index in [0.717, 1.165) is 18.6 Å². The lowest BCUT2D eigenvalue weighted by molar-refractivity contribution is -0.137. The number of aryl methyl sites for hydroxylation is 1. The molecule has 196 valence electrons. The van der Waals surface area contributed by atoms with Crippen LogP contribution >= 0.6 is 0 Å². The van der Waals surface area contributed by atoms with Gasteiger partial charge in [-0.2, -0.15) is 13.2 Å². The molecule has 1 aliphatic heterocycles. The Kier molecular flexibility index (Phi) is 7.77. The van der Waals surface area contributed by atoms with Crippen LogP contribution < -0.4 is 10.6 Å². The van der Waals surface area contributed by atoms with Crippen LogP contribution in [-0.2, 0) is 28.7 Å². The van der Waals surface area contributed by atoms with Gasteiger partial charge in [0.15, 0.2) is 0 Å². The Labute approximate surface area is 206 Å². The number of halogens is 5. The van der Waals surface area contributed by atoms with Crippen LogP contribution in [0.1, 0.15) is 72.8 Å². The average Bonchev–Trinajstić information content (AvgIpc) is 3.33. The molecule has 1 aromatic carbocycles. The fraction of sp³-hybridized carbons (Fsp3) is 0.560. The smallest absolute Gasteiger partial charge is 0.373 e. The van der Waals surface area contributed by atoms with Crippen LogP contribution in [0.25, 0.3) is 0 Å². The third-order valence-electron chi connectivity index (χ3n) is 6.51. The highest BCUT2D eigenvalue weighted by Gasteiger charge is 2.36. The summed E-state index contributed by atoms with van der Waals surface area (Å²) in [6.07, 6.45) is -3.46. The van der Waals surface area contributed by atoms with Gasteiger partial charge in [0, 0.05) is 37.6 Å². The summed E-state index contributed by atoms with van der Waals surface area (Å²) in [6.45, 7) is 2.29. The molecule has 4 rings (SSSR count). The van der Waals surface area contributed by atoms with Crippen LogP contribution in [0.15, 0.2) is 24.3 Å². The van der Waals surface area contributed by atoms with Crippen LogP contribution in [0.4, 0.5) is 27.8 Å². The Morgan fingerprint density at radius 1 is 1.17 bits per heavy atom. The van der Waals surface area contributed by atoms with Crippen LogP contribution in [-0.4, -0.2) is 34.4 Å². The number of benzene rings is 1. The standard InChI is InChI=1S/C25H29F5N4O2/c1-15-32-19(13-21(35)34-18-7-9-24(26,27)10-8-18)22(20-6-3-11-36-20)23(33-15)31-14-16-4-2-5-17(12-16)25(28,29)30/h2,4-5,12,18,20H,3,6-11,13-14H2,1H3,(H,34,35)(H,31,32,33). The van der Waals surface area contributed by atoms with Crippen molar-refractivity contribution in [1.29, 1.82) is 0 Å². The summed E-state index contributed by atoms with van der Waals surface area (Å²) in [5.41, 5.74) is 0.751. The fourth-order valence-corrected chi connectivity index (χ4v) is 4.71. The molecule has 2 aromatic rings. The van der Waals surface area contributed by atoms with Crippen molar-refractivity contribution < 1.29 is 31.5 Å². The number of nitrogens with zero attached hydrogens (tertiary/aromatic N) is 2. The van der Waals surface area contributed by atoms with E-state index in [-0.39, 0.29) is 56.7 Å². The predicted molar refractivity (Wildman–Crippen MR) is 123 cm³/mol. The van der Waals surface area contributed by atoms with Crippen molar-refractivity contribution in [1.82, 2.24) is 15.3 Å². The molecule has 1 amide bonds. The zero-order chi connectivity index (χ0) is 25.9. The monoisotopic (exact) mass is 512 g/mol. The minimum atomic E-state index is -4.45. The van der Waals surface area contributed by atoms with E-state index in [4.69, 9.17) is 4.74 Å². The highest BCUT2D eigenvalue weighted by Crippen LogP contribution is 2.36. The zero-order valence-corrected chi connectivity index (χ0v) is 19.9. The van der Waals surface area contributed by atoms with Crippen molar-refractivity contribution in [2.75, 3.05) is 11.9 Å². The molecule has 1 saturated heterocycles. The van der Waals surface area contributed by atoms with Gasteiger partial charge in [-0.05, 0) is 50.3 Å². The van der Waals surface area contributed by atoms with Gasteiger partial charge in [0.2, 0.25) is 11.8 Å². The van der Waals surface area contributed by atoms with Crippen molar-refractivity contribution in [3.63, 3.8) is 0 Å². The third-order valence-corrected chi connectivity index (χ3v) is 6.51. The van der Waals surface area contributed by atoms with Gasteiger partial charge in [-0.1, -0.05) is 12.1 Å². The molecule has 0 radical (unpaired) electrons. The summed E-state index contributed by atoms with van der Waals surface area (Å²) in [5, 5.41) is 5.96. The molecule has 11 heteroatoms. The van der Waals surface area contributed by atoms with Crippen LogP contribution in [0.2, 0.25) is 0 Å². The van der Waals surface area contributed by atoms with Crippen LogP contribution in [0.3, 0.4) is 0 Å². The molecule has 1 atom stereocenters. The van der Waals surface area contributed by atoms with E-state index in [1.165, 1.54) is 6.07 Å². The first kappa shape index (κ1) is 26.2. The maximum absolute atomic E-state index is 13.4. The average molecular weight is 513 g/mol. The number of carbonyl (C=O) groups is 1. The van der Waals surface area contributed by atoms with Gasteiger partial charge in [-0.3, -0.25) is 4.79 Å². The largest absolute Gasteiger partial charge is 0.416 e. The summed E-state index contributed by atoms with van der Waals surface area (Å²) in [7, 11) is 0. The van der Waals surface area contributed by atoms with Crippen molar-refractivity contribution in [2.24, 2.45) is 0 Å². The minimum absolute atomic E-state index is 0.0797. The Morgan fingerprint density at radius 2 is 1.92 bits per heavy atom. The number of anilines is 1. The number of amides is 1. The van der Waals surface area contributed by atoms with Gasteiger partial charge in [0.1, 0.15) is 11.6 Å². The second-order valence-corrected chi connectivity index (χ2v) is 9.41. The topological polar surface area (TPSA) is 76.1 Å². The molecule has 0 spiro atoms. The second kappa shape index (κ2) is 10.7. The summed E-state index contributed by atoms with van der Waals surface area (Å²) in [6, 6.07) is 4.71. The first-order valence-electron chi connectivity index (χ1n) is 12.1. The first-order chi connectivity index (χ1) is 17.0. The molecule has 6 nitrogen and oxygen atoms in total. The van der Waals surface area contributed by atoms with Gasteiger partial charge in [-0.15, -0.1) is 0 Å². The number of rotatable bonds is 7. The normalized spacial score (nSPS) is 20.3. The number of carbonyl (C=O) groups excluding carboxylic acids is 1. The lowest BCUT2D eigenvalue weighted by Crippen LogP contribution is -2.41. The van der Waals surface area contributed by atoms with Gasteiger partial charge in [0.05, 0.1) is 23.8 Å². The maximum Gasteiger partial charge on any atom is 0.416 e. The molecule has 1 aromatic heterocycles. The van der Waals surface area contributed by atoms with E-state index < -0.39 is 17.7 Å². The van der Waals surface area contributed by atoms with E-state index >= 15 is 0 Å². The summed E-state index contributed by atoms with van der Waals surface area (Å²) >= 11 is 0. The molecule has 2 aliphatic rings. The maximum atomic E-state index is 13.4. The quantitative estimate of drug-likeness (QED) is 0.479. The molecule has 1 aliphatic carbocycles. The highest BCUT2D eigenvalue weighted by atomic mass is 19.4. The molecule has 2 fully saturated rings. The van der Waals surface area contributed by atoms with E-state index in [0.29, 0.717) is 41.5 Å². The van der Waals surface area contributed by atoms with Gasteiger partial charge < -0.3 is 15.4 Å². The molecule has 1 saturated carbocycles. The SMILES string of the molecule is Cc1nc(CC(=O)NC2CCC(F)(F)CC2)c(C2CCCO2)c(NCc2cccc(C(F)(F)F)c2)n1. The second-order valence-electron chi connectivity index (χ2n) is 9.41. The lowest BCUT2D eigenvalue weighted by atomic mass is 9.92. The Hall–Kier alpha value is -2.82. The molecular weight excluding hydrogens is 483 g/mol. The van der Waals surface area contributed by atoms with E-state index in [9.17, 15) is 26.7 Å². The molecule has 36 heavy (non-hydrogen) atoms. The summed E-state index contributed by atoms with van der Waals surface area (Å²) in [4.78, 5) is 21.8. The fourth-order valence-electron chi connectivity index (χ4n) is 4.71. The number of nitrogens with one attached hydrogen (secondary N) is 2. The zero-order valence-electron chi connectivity index (χ0n) is 19.9. The van der Waals surface area contributed by atoms with Gasteiger partial charge >= 0.3 is 6.18 Å². The number of aromatic nitrogens is 2. The van der Waals surface area contributed by atoms with Gasteiger partial charge in [0.25, 0.3) is 0 Å². The molecular formula is C25H29F5N4O2. The number of alkyl halides is 5. The Balaban J connectivity index is 1.53. The van der Waals surface area contributed by atoms with Crippen molar-refractivity contribution in [3.05, 3.63) is 52.5 Å². The van der Waals surface area contributed by atoms with E-state index in [1.807, 2.05) is 0 Å². The third kappa shape index (κ3) is 6.68. The Bertz CT molecular complexity index is 1080.